The Morgan fingerprint density at radius 2 is 2.21 bits per heavy atom. The first kappa shape index (κ1) is 10.3. The smallest absolute Gasteiger partial charge is 0.342 e. The van der Waals surface area contributed by atoms with Crippen LogP contribution < -0.4 is 4.74 Å². The Bertz CT molecular complexity index is 331. The van der Waals surface area contributed by atoms with E-state index in [4.69, 9.17) is 9.47 Å². The predicted molar refractivity (Wildman–Crippen MR) is 53.5 cm³/mol. The van der Waals surface area contributed by atoms with E-state index in [0.29, 0.717) is 11.3 Å². The highest BCUT2D eigenvalue weighted by atomic mass is 16.5. The molecule has 0 unspecified atom stereocenters. The van der Waals surface area contributed by atoms with Crippen molar-refractivity contribution in [2.24, 2.45) is 0 Å². The Morgan fingerprint density at radius 3 is 2.86 bits per heavy atom. The summed E-state index contributed by atoms with van der Waals surface area (Å²) in [6.07, 6.45) is 1.52. The van der Waals surface area contributed by atoms with Crippen LogP contribution in [0.2, 0.25) is 0 Å². The molecule has 0 spiro atoms. The molecule has 1 rings (SSSR count). The summed E-state index contributed by atoms with van der Waals surface area (Å²) in [5.41, 5.74) is 0.428. The third kappa shape index (κ3) is 2.36. The van der Waals surface area contributed by atoms with Crippen molar-refractivity contribution < 1.29 is 14.3 Å². The number of esters is 1. The minimum atomic E-state index is -0.401. The first-order valence-corrected chi connectivity index (χ1v) is 4.20. The third-order valence-electron chi connectivity index (χ3n) is 1.66. The maximum absolute atomic E-state index is 11.4. The van der Waals surface area contributed by atoms with Crippen LogP contribution >= 0.6 is 0 Å². The molecule has 14 heavy (non-hydrogen) atoms. The van der Waals surface area contributed by atoms with Crippen molar-refractivity contribution in [1.82, 2.24) is 0 Å². The van der Waals surface area contributed by atoms with Crippen molar-refractivity contribution in [2.75, 3.05) is 13.7 Å². The van der Waals surface area contributed by atoms with Crippen molar-refractivity contribution in [3.05, 3.63) is 42.5 Å². The number of hydrogen-bond donors (Lipinski definition) is 0. The van der Waals surface area contributed by atoms with E-state index in [1.807, 2.05) is 0 Å². The topological polar surface area (TPSA) is 35.5 Å². The van der Waals surface area contributed by atoms with Gasteiger partial charge in [-0.25, -0.2) is 4.79 Å². The van der Waals surface area contributed by atoms with Crippen LogP contribution in [-0.2, 0) is 4.74 Å². The molecule has 0 N–H and O–H groups in total. The van der Waals surface area contributed by atoms with E-state index in [0.717, 1.165) is 0 Å². The van der Waals surface area contributed by atoms with Gasteiger partial charge in [-0.05, 0) is 12.1 Å². The zero-order valence-electron chi connectivity index (χ0n) is 8.03. The fourth-order valence-electron chi connectivity index (χ4n) is 1.03. The summed E-state index contributed by atoms with van der Waals surface area (Å²) in [4.78, 5) is 11.4. The van der Waals surface area contributed by atoms with E-state index in [1.165, 1.54) is 13.2 Å². The Balaban J connectivity index is 2.82. The molecule has 0 aliphatic carbocycles. The van der Waals surface area contributed by atoms with Gasteiger partial charge in [-0.2, -0.15) is 0 Å². The lowest BCUT2D eigenvalue weighted by molar-refractivity contribution is 0.0546. The maximum Gasteiger partial charge on any atom is 0.342 e. The predicted octanol–water partition coefficient (Wildman–Crippen LogP) is 2.04. The molecular weight excluding hydrogens is 180 g/mol. The van der Waals surface area contributed by atoms with Crippen LogP contribution in [0, 0.1) is 0 Å². The molecule has 0 saturated heterocycles. The second kappa shape index (κ2) is 5.07. The van der Waals surface area contributed by atoms with E-state index in [9.17, 15) is 4.79 Å². The molecule has 3 heteroatoms. The number of methoxy groups -OCH3 is 1. The molecule has 0 aliphatic heterocycles. The standard InChI is InChI=1S/C11H12O3/c1-3-8-14-11(12)9-6-4-5-7-10(9)13-2/h3-7H,1,8H2,2H3. The lowest BCUT2D eigenvalue weighted by atomic mass is 10.2. The maximum atomic E-state index is 11.4. The quantitative estimate of drug-likeness (QED) is 0.541. The fourth-order valence-corrected chi connectivity index (χ4v) is 1.03. The Hall–Kier alpha value is -1.77. The zero-order valence-corrected chi connectivity index (χ0v) is 8.03. The van der Waals surface area contributed by atoms with Crippen LogP contribution in [0.4, 0.5) is 0 Å². The molecule has 1 aromatic carbocycles. The highest BCUT2D eigenvalue weighted by molar-refractivity contribution is 5.92. The van der Waals surface area contributed by atoms with Gasteiger partial charge in [-0.1, -0.05) is 24.8 Å². The van der Waals surface area contributed by atoms with Crippen LogP contribution in [0.25, 0.3) is 0 Å². The molecular formula is C11H12O3. The summed E-state index contributed by atoms with van der Waals surface area (Å²) in [5, 5.41) is 0. The molecule has 0 amide bonds. The molecule has 3 nitrogen and oxygen atoms in total. The van der Waals surface area contributed by atoms with Crippen LogP contribution in [0.15, 0.2) is 36.9 Å². The van der Waals surface area contributed by atoms with Crippen LogP contribution in [0.5, 0.6) is 5.75 Å². The molecule has 0 heterocycles. The minimum Gasteiger partial charge on any atom is -0.496 e. The Labute approximate surface area is 83.0 Å². The van der Waals surface area contributed by atoms with Gasteiger partial charge in [0.25, 0.3) is 0 Å². The van der Waals surface area contributed by atoms with Crippen LogP contribution in [-0.4, -0.2) is 19.7 Å². The summed E-state index contributed by atoms with van der Waals surface area (Å²) in [5.74, 6) is 0.115. The number of ether oxygens (including phenoxy) is 2. The highest BCUT2D eigenvalue weighted by Gasteiger charge is 2.11. The third-order valence-corrected chi connectivity index (χ3v) is 1.66. The lowest BCUT2D eigenvalue weighted by Crippen LogP contribution is -2.06. The van der Waals surface area contributed by atoms with Crippen molar-refractivity contribution in [2.45, 2.75) is 0 Å². The van der Waals surface area contributed by atoms with Gasteiger partial charge in [0.1, 0.15) is 17.9 Å². The number of carbonyl (C=O) groups excluding carboxylic acids is 1. The van der Waals surface area contributed by atoms with Gasteiger partial charge in [0.15, 0.2) is 0 Å². The molecule has 0 aromatic heterocycles. The van der Waals surface area contributed by atoms with Crippen molar-refractivity contribution >= 4 is 5.97 Å². The van der Waals surface area contributed by atoms with Gasteiger partial charge in [-0.15, -0.1) is 0 Å². The summed E-state index contributed by atoms with van der Waals surface area (Å²) >= 11 is 0. The number of para-hydroxylation sites is 1. The molecule has 0 aliphatic rings. The summed E-state index contributed by atoms with van der Waals surface area (Å²) in [6, 6.07) is 6.92. The number of carbonyl (C=O) groups is 1. The first-order valence-electron chi connectivity index (χ1n) is 4.20. The average molecular weight is 192 g/mol. The highest BCUT2D eigenvalue weighted by Crippen LogP contribution is 2.17. The first-order chi connectivity index (χ1) is 6.79. The van der Waals surface area contributed by atoms with Crippen molar-refractivity contribution in [3.63, 3.8) is 0 Å². The monoisotopic (exact) mass is 192 g/mol. The van der Waals surface area contributed by atoms with E-state index < -0.39 is 5.97 Å². The molecule has 1 aromatic rings. The molecule has 0 bridgehead atoms. The van der Waals surface area contributed by atoms with E-state index >= 15 is 0 Å². The number of hydrogen-bond acceptors (Lipinski definition) is 3. The van der Waals surface area contributed by atoms with Crippen LogP contribution in [0.3, 0.4) is 0 Å². The van der Waals surface area contributed by atoms with Gasteiger partial charge >= 0.3 is 5.97 Å². The summed E-state index contributed by atoms with van der Waals surface area (Å²) in [6.45, 7) is 3.67. The SMILES string of the molecule is C=CCOC(=O)c1ccccc1OC. The largest absolute Gasteiger partial charge is 0.496 e. The summed E-state index contributed by atoms with van der Waals surface area (Å²) < 4.78 is 9.90. The molecule has 0 saturated carbocycles. The Kier molecular flexibility index (Phi) is 3.73. The second-order valence-corrected chi connectivity index (χ2v) is 2.59. The zero-order chi connectivity index (χ0) is 10.4. The Morgan fingerprint density at radius 1 is 1.50 bits per heavy atom. The van der Waals surface area contributed by atoms with E-state index in [2.05, 4.69) is 6.58 Å². The number of rotatable bonds is 4. The van der Waals surface area contributed by atoms with Crippen molar-refractivity contribution in [3.8, 4) is 5.75 Å². The van der Waals surface area contributed by atoms with Gasteiger partial charge in [-0.3, -0.25) is 0 Å². The summed E-state index contributed by atoms with van der Waals surface area (Å²) in [7, 11) is 1.51. The van der Waals surface area contributed by atoms with Crippen molar-refractivity contribution in [1.29, 1.82) is 0 Å². The van der Waals surface area contributed by atoms with Gasteiger partial charge in [0.2, 0.25) is 0 Å². The second-order valence-electron chi connectivity index (χ2n) is 2.59. The van der Waals surface area contributed by atoms with Gasteiger partial charge in [0.05, 0.1) is 7.11 Å². The fraction of sp³-hybridized carbons (Fsp3) is 0.182. The average Bonchev–Trinajstić information content (AvgIpc) is 2.25. The normalized spacial score (nSPS) is 9.21. The molecule has 74 valence electrons. The van der Waals surface area contributed by atoms with Gasteiger partial charge < -0.3 is 9.47 Å². The molecule has 0 radical (unpaired) electrons. The van der Waals surface area contributed by atoms with E-state index in [-0.39, 0.29) is 6.61 Å². The molecule has 0 atom stereocenters. The van der Waals surface area contributed by atoms with Crippen LogP contribution in [0.1, 0.15) is 10.4 Å². The number of benzene rings is 1. The molecule has 0 fully saturated rings. The minimum absolute atomic E-state index is 0.205. The lowest BCUT2D eigenvalue weighted by Gasteiger charge is -2.06. The van der Waals surface area contributed by atoms with Gasteiger partial charge in [0, 0.05) is 0 Å². The van der Waals surface area contributed by atoms with E-state index in [1.54, 1.807) is 24.3 Å².